The van der Waals surface area contributed by atoms with Crippen LogP contribution in [0.2, 0.25) is 0 Å². The number of aliphatic hydroxyl groups is 1. The van der Waals surface area contributed by atoms with Gasteiger partial charge in [-0.25, -0.2) is 0 Å². The molecule has 1 aliphatic rings. The van der Waals surface area contributed by atoms with Gasteiger partial charge in [0.2, 0.25) is 0 Å². The van der Waals surface area contributed by atoms with Crippen LogP contribution in [0.1, 0.15) is 18.9 Å². The molecule has 0 aliphatic heterocycles. The molecule has 0 bridgehead atoms. The molecule has 0 aromatic heterocycles. The Balaban J connectivity index is 1.96. The number of hydrogen-bond donors (Lipinski definition) is 2. The molecule has 2 rings (SSSR count). The fraction of sp³-hybridized carbons (Fsp3) is 0.500. The summed E-state index contributed by atoms with van der Waals surface area (Å²) in [6, 6.07) is 7.12. The summed E-state index contributed by atoms with van der Waals surface area (Å²) < 4.78 is 0. The van der Waals surface area contributed by atoms with Crippen molar-refractivity contribution in [1.29, 1.82) is 0 Å². The van der Waals surface area contributed by atoms with Crippen LogP contribution in [-0.4, -0.2) is 16.3 Å². The van der Waals surface area contributed by atoms with Gasteiger partial charge in [-0.3, -0.25) is 0 Å². The van der Waals surface area contributed by atoms with Gasteiger partial charge < -0.3 is 10.2 Å². The molecule has 1 aromatic carbocycles. The Morgan fingerprint density at radius 3 is 2.79 bits per heavy atom. The molecule has 2 N–H and O–H groups in total. The minimum absolute atomic E-state index is 0.244. The lowest BCUT2D eigenvalue weighted by molar-refractivity contribution is 0.146. The molecular formula is C12H16O2. The predicted octanol–water partition coefficient (Wildman–Crippen LogP) is 1.95. The van der Waals surface area contributed by atoms with Crippen molar-refractivity contribution in [3.8, 4) is 5.75 Å². The van der Waals surface area contributed by atoms with Crippen molar-refractivity contribution >= 4 is 0 Å². The third-order valence-corrected chi connectivity index (χ3v) is 3.02. The Kier molecular flexibility index (Phi) is 2.46. The predicted molar refractivity (Wildman–Crippen MR) is 55.1 cm³/mol. The second-order valence-corrected chi connectivity index (χ2v) is 4.32. The van der Waals surface area contributed by atoms with Gasteiger partial charge in [0.15, 0.2) is 0 Å². The molecule has 3 atom stereocenters. The molecule has 1 aromatic rings. The van der Waals surface area contributed by atoms with E-state index in [0.717, 1.165) is 12.0 Å². The molecule has 76 valence electrons. The molecule has 0 saturated heterocycles. The van der Waals surface area contributed by atoms with E-state index < -0.39 is 0 Å². The summed E-state index contributed by atoms with van der Waals surface area (Å²) in [5.41, 5.74) is 1.01. The van der Waals surface area contributed by atoms with Gasteiger partial charge in [0.05, 0.1) is 6.10 Å². The zero-order valence-corrected chi connectivity index (χ0v) is 8.35. The maximum atomic E-state index is 9.82. The van der Waals surface area contributed by atoms with E-state index in [1.807, 2.05) is 12.1 Å². The number of benzene rings is 1. The Morgan fingerprint density at radius 2 is 2.21 bits per heavy atom. The zero-order valence-electron chi connectivity index (χ0n) is 8.35. The zero-order chi connectivity index (χ0) is 10.1. The van der Waals surface area contributed by atoms with E-state index in [2.05, 4.69) is 6.92 Å². The topological polar surface area (TPSA) is 40.5 Å². The minimum Gasteiger partial charge on any atom is -0.508 e. The summed E-state index contributed by atoms with van der Waals surface area (Å²) in [5, 5.41) is 19.1. The molecular weight excluding hydrogens is 176 g/mol. The molecule has 3 unspecified atom stereocenters. The second-order valence-electron chi connectivity index (χ2n) is 4.32. The van der Waals surface area contributed by atoms with E-state index in [1.165, 1.54) is 0 Å². The fourth-order valence-corrected chi connectivity index (χ4v) is 1.96. The van der Waals surface area contributed by atoms with Gasteiger partial charge in [-0.15, -0.1) is 0 Å². The highest BCUT2D eigenvalue weighted by molar-refractivity contribution is 5.27. The number of rotatable bonds is 3. The SMILES string of the molecule is CC1CC1C(O)Cc1cccc(O)c1. The van der Waals surface area contributed by atoms with Gasteiger partial charge in [-0.1, -0.05) is 19.1 Å². The first-order valence-electron chi connectivity index (χ1n) is 5.13. The monoisotopic (exact) mass is 192 g/mol. The van der Waals surface area contributed by atoms with Crippen LogP contribution in [0.15, 0.2) is 24.3 Å². The van der Waals surface area contributed by atoms with Crippen molar-refractivity contribution in [2.75, 3.05) is 0 Å². The van der Waals surface area contributed by atoms with Crippen LogP contribution in [0.25, 0.3) is 0 Å². The van der Waals surface area contributed by atoms with Gasteiger partial charge in [0, 0.05) is 0 Å². The Morgan fingerprint density at radius 1 is 1.50 bits per heavy atom. The summed E-state index contributed by atoms with van der Waals surface area (Å²) in [4.78, 5) is 0. The third kappa shape index (κ3) is 2.07. The highest BCUT2D eigenvalue weighted by atomic mass is 16.3. The fourth-order valence-electron chi connectivity index (χ4n) is 1.96. The van der Waals surface area contributed by atoms with Crippen molar-refractivity contribution in [3.05, 3.63) is 29.8 Å². The van der Waals surface area contributed by atoms with Crippen molar-refractivity contribution in [2.45, 2.75) is 25.9 Å². The summed E-state index contributed by atoms with van der Waals surface area (Å²) in [6.45, 7) is 2.16. The quantitative estimate of drug-likeness (QED) is 0.768. The van der Waals surface area contributed by atoms with Crippen LogP contribution in [0.5, 0.6) is 5.75 Å². The first-order chi connectivity index (χ1) is 6.66. The second kappa shape index (κ2) is 3.62. The van der Waals surface area contributed by atoms with E-state index >= 15 is 0 Å². The van der Waals surface area contributed by atoms with E-state index in [-0.39, 0.29) is 11.9 Å². The maximum Gasteiger partial charge on any atom is 0.115 e. The van der Waals surface area contributed by atoms with Gasteiger partial charge in [-0.2, -0.15) is 0 Å². The first kappa shape index (κ1) is 9.53. The smallest absolute Gasteiger partial charge is 0.115 e. The molecule has 0 radical (unpaired) electrons. The van der Waals surface area contributed by atoms with Crippen LogP contribution < -0.4 is 0 Å². The number of phenolic OH excluding ortho intramolecular Hbond substituents is 1. The summed E-state index contributed by atoms with van der Waals surface area (Å²) in [5.74, 6) is 1.42. The lowest BCUT2D eigenvalue weighted by Gasteiger charge is -2.09. The van der Waals surface area contributed by atoms with Crippen molar-refractivity contribution in [1.82, 2.24) is 0 Å². The van der Waals surface area contributed by atoms with E-state index in [4.69, 9.17) is 0 Å². The Hall–Kier alpha value is -1.02. The molecule has 1 aliphatic carbocycles. The van der Waals surface area contributed by atoms with Crippen molar-refractivity contribution in [3.63, 3.8) is 0 Å². The normalized spacial score (nSPS) is 27.3. The number of phenols is 1. The van der Waals surface area contributed by atoms with Gasteiger partial charge in [-0.05, 0) is 42.4 Å². The van der Waals surface area contributed by atoms with Crippen molar-refractivity contribution in [2.24, 2.45) is 11.8 Å². The minimum atomic E-state index is -0.244. The van der Waals surface area contributed by atoms with Crippen LogP contribution in [0.3, 0.4) is 0 Å². The van der Waals surface area contributed by atoms with Gasteiger partial charge in [0.1, 0.15) is 5.75 Å². The number of aromatic hydroxyl groups is 1. The summed E-state index contributed by atoms with van der Waals surface area (Å²) in [7, 11) is 0. The van der Waals surface area contributed by atoms with Crippen LogP contribution in [0, 0.1) is 11.8 Å². The Bertz CT molecular complexity index is 322. The van der Waals surface area contributed by atoms with Crippen LogP contribution in [-0.2, 0) is 6.42 Å². The third-order valence-electron chi connectivity index (χ3n) is 3.02. The average molecular weight is 192 g/mol. The number of hydrogen-bond acceptors (Lipinski definition) is 2. The maximum absolute atomic E-state index is 9.82. The molecule has 0 spiro atoms. The van der Waals surface area contributed by atoms with Crippen LogP contribution >= 0.6 is 0 Å². The standard InChI is InChI=1S/C12H16O2/c1-8-5-11(8)12(14)7-9-3-2-4-10(13)6-9/h2-4,6,8,11-14H,5,7H2,1H3. The molecule has 2 nitrogen and oxygen atoms in total. The molecule has 2 heteroatoms. The molecule has 14 heavy (non-hydrogen) atoms. The largest absolute Gasteiger partial charge is 0.508 e. The molecule has 1 fully saturated rings. The average Bonchev–Trinajstić information content (AvgIpc) is 2.82. The van der Waals surface area contributed by atoms with Gasteiger partial charge >= 0.3 is 0 Å². The van der Waals surface area contributed by atoms with Crippen LogP contribution in [0.4, 0.5) is 0 Å². The first-order valence-corrected chi connectivity index (χ1v) is 5.13. The van der Waals surface area contributed by atoms with Gasteiger partial charge in [0.25, 0.3) is 0 Å². The van der Waals surface area contributed by atoms with E-state index in [1.54, 1.807) is 12.1 Å². The number of aliphatic hydroxyl groups excluding tert-OH is 1. The molecule has 1 saturated carbocycles. The molecule has 0 heterocycles. The summed E-state index contributed by atoms with van der Waals surface area (Å²) in [6.07, 6.45) is 1.55. The van der Waals surface area contributed by atoms with E-state index in [0.29, 0.717) is 18.3 Å². The van der Waals surface area contributed by atoms with E-state index in [9.17, 15) is 10.2 Å². The highest BCUT2D eigenvalue weighted by Gasteiger charge is 2.38. The highest BCUT2D eigenvalue weighted by Crippen LogP contribution is 2.41. The lowest BCUT2D eigenvalue weighted by Crippen LogP contribution is -2.13. The summed E-state index contributed by atoms with van der Waals surface area (Å²) >= 11 is 0. The van der Waals surface area contributed by atoms with Crippen molar-refractivity contribution < 1.29 is 10.2 Å². The molecule has 0 amide bonds. The lowest BCUT2D eigenvalue weighted by atomic mass is 10.0. The Labute approximate surface area is 84.2 Å².